The van der Waals surface area contributed by atoms with Gasteiger partial charge in [0, 0.05) is 30.1 Å². The summed E-state index contributed by atoms with van der Waals surface area (Å²) in [6.07, 6.45) is 8.85. The van der Waals surface area contributed by atoms with Crippen LogP contribution in [-0.4, -0.2) is 63.1 Å². The van der Waals surface area contributed by atoms with Gasteiger partial charge in [-0.25, -0.2) is 9.48 Å². The molecule has 0 aliphatic carbocycles. The fraction of sp³-hybridized carbons (Fsp3) is 0.310. The average molecular weight is 545 g/mol. The van der Waals surface area contributed by atoms with Crippen LogP contribution in [0, 0.1) is 0 Å². The van der Waals surface area contributed by atoms with Gasteiger partial charge in [0.05, 0.1) is 42.8 Å². The van der Waals surface area contributed by atoms with E-state index >= 15 is 0 Å². The van der Waals surface area contributed by atoms with Crippen LogP contribution in [0.5, 0.6) is 5.75 Å². The Morgan fingerprint density at radius 1 is 0.875 bits per heavy atom. The highest BCUT2D eigenvalue weighted by Gasteiger charge is 2.11. The highest BCUT2D eigenvalue weighted by Crippen LogP contribution is 2.18. The van der Waals surface area contributed by atoms with Crippen molar-refractivity contribution in [3.8, 4) is 11.4 Å². The molecule has 2 aromatic carbocycles. The Kier molecular flexibility index (Phi) is 9.89. The molecule has 0 aliphatic heterocycles. The summed E-state index contributed by atoms with van der Waals surface area (Å²) in [5.41, 5.74) is 2.90. The minimum atomic E-state index is -0.412. The van der Waals surface area contributed by atoms with Crippen molar-refractivity contribution < 1.29 is 14.3 Å². The molecule has 0 fully saturated rings. The molecule has 4 rings (SSSR count). The van der Waals surface area contributed by atoms with Gasteiger partial charge in [-0.3, -0.25) is 9.48 Å². The molecule has 11 nitrogen and oxygen atoms in total. The Labute approximate surface area is 234 Å². The first-order valence-corrected chi connectivity index (χ1v) is 13.4. The van der Waals surface area contributed by atoms with Crippen LogP contribution in [0.2, 0.25) is 0 Å². The Morgan fingerprint density at radius 3 is 2.42 bits per heavy atom. The number of anilines is 3. The van der Waals surface area contributed by atoms with E-state index < -0.39 is 6.03 Å². The van der Waals surface area contributed by atoms with Gasteiger partial charge < -0.3 is 25.6 Å². The lowest BCUT2D eigenvalue weighted by Crippen LogP contribution is -2.24. The molecule has 2 aromatic heterocycles. The Balaban J connectivity index is 1.30. The minimum Gasteiger partial charge on any atom is -0.497 e. The number of aromatic nitrogens is 4. The summed E-state index contributed by atoms with van der Waals surface area (Å²) in [6.45, 7) is 8.38. The number of ether oxygens (including phenoxy) is 1. The topological polar surface area (TPSA) is 118 Å². The van der Waals surface area contributed by atoms with Crippen molar-refractivity contribution in [2.45, 2.75) is 33.2 Å². The molecule has 4 aromatic rings. The first-order chi connectivity index (χ1) is 19.5. The fourth-order valence-corrected chi connectivity index (χ4v) is 4.22. The number of nitrogens with zero attached hydrogens (tertiary/aromatic N) is 5. The molecule has 3 amide bonds. The van der Waals surface area contributed by atoms with Gasteiger partial charge in [0.25, 0.3) is 5.91 Å². The van der Waals surface area contributed by atoms with Gasteiger partial charge in [-0.05, 0) is 62.8 Å². The number of nitrogens with one attached hydrogen (secondary N) is 3. The number of amides is 3. The third-order valence-electron chi connectivity index (χ3n) is 6.44. The summed E-state index contributed by atoms with van der Waals surface area (Å²) in [4.78, 5) is 27.7. The molecule has 3 N–H and O–H groups in total. The maximum atomic E-state index is 12.9. The van der Waals surface area contributed by atoms with E-state index in [-0.39, 0.29) is 5.91 Å². The van der Waals surface area contributed by atoms with Crippen molar-refractivity contribution in [3.05, 3.63) is 78.9 Å². The quantitative estimate of drug-likeness (QED) is 0.202. The van der Waals surface area contributed by atoms with Crippen molar-refractivity contribution in [2.24, 2.45) is 0 Å². The first kappa shape index (κ1) is 28.4. The maximum Gasteiger partial charge on any atom is 0.323 e. The number of rotatable bonds is 13. The molecular weight excluding hydrogens is 508 g/mol. The van der Waals surface area contributed by atoms with E-state index in [1.54, 1.807) is 66.6 Å². The van der Waals surface area contributed by atoms with E-state index in [0.717, 1.165) is 39.0 Å². The highest BCUT2D eigenvalue weighted by atomic mass is 16.5. The van der Waals surface area contributed by atoms with Gasteiger partial charge in [0.1, 0.15) is 5.75 Å². The van der Waals surface area contributed by atoms with Crippen LogP contribution in [0.25, 0.3) is 5.69 Å². The molecule has 0 aliphatic rings. The average Bonchev–Trinajstić information content (AvgIpc) is 3.62. The van der Waals surface area contributed by atoms with E-state index in [1.807, 2.05) is 16.9 Å². The third-order valence-corrected chi connectivity index (χ3v) is 6.44. The molecule has 0 atom stereocenters. The lowest BCUT2D eigenvalue weighted by molar-refractivity contribution is 0.102. The van der Waals surface area contributed by atoms with E-state index in [1.165, 1.54) is 6.20 Å². The summed E-state index contributed by atoms with van der Waals surface area (Å²) in [6, 6.07) is 13.8. The van der Waals surface area contributed by atoms with Crippen LogP contribution in [0.15, 0.2) is 73.3 Å². The molecule has 40 heavy (non-hydrogen) atoms. The molecule has 2 heterocycles. The standard InChI is InChI=1S/C29H36N8O3/c1-4-35(5-2)14-6-7-15-36-20-24(18-30-36)32-28(38)22-10-8-12-26(16-22)37-21-25(19-31-37)34-29(39)33-23-11-9-13-27(17-23)40-3/h8-13,16-21H,4-7,14-15H2,1-3H3,(H,32,38)(H2,33,34,39). The first-order valence-electron chi connectivity index (χ1n) is 13.4. The molecule has 0 radical (unpaired) electrons. The summed E-state index contributed by atoms with van der Waals surface area (Å²) >= 11 is 0. The second-order valence-corrected chi connectivity index (χ2v) is 9.22. The van der Waals surface area contributed by atoms with E-state index in [2.05, 4.69) is 44.9 Å². The van der Waals surface area contributed by atoms with E-state index in [0.29, 0.717) is 34.1 Å². The number of carbonyl (C=O) groups is 2. The zero-order chi connectivity index (χ0) is 28.3. The van der Waals surface area contributed by atoms with Gasteiger partial charge in [0.2, 0.25) is 0 Å². The second-order valence-electron chi connectivity index (χ2n) is 9.22. The van der Waals surface area contributed by atoms with Gasteiger partial charge >= 0.3 is 6.03 Å². The predicted octanol–water partition coefficient (Wildman–Crippen LogP) is 5.10. The lowest BCUT2D eigenvalue weighted by atomic mass is 10.2. The Hall–Kier alpha value is -4.64. The Morgan fingerprint density at radius 2 is 1.62 bits per heavy atom. The van der Waals surface area contributed by atoms with Crippen LogP contribution in [0.1, 0.15) is 37.0 Å². The van der Waals surface area contributed by atoms with Crippen molar-refractivity contribution >= 4 is 29.0 Å². The molecule has 0 spiro atoms. The molecule has 0 bridgehead atoms. The summed E-state index contributed by atoms with van der Waals surface area (Å²) in [7, 11) is 1.57. The third kappa shape index (κ3) is 7.93. The highest BCUT2D eigenvalue weighted by molar-refractivity contribution is 6.04. The van der Waals surface area contributed by atoms with Crippen molar-refractivity contribution in [1.29, 1.82) is 0 Å². The van der Waals surface area contributed by atoms with E-state index in [4.69, 9.17) is 4.74 Å². The number of hydrogen-bond donors (Lipinski definition) is 3. The van der Waals surface area contributed by atoms with Crippen LogP contribution in [0.3, 0.4) is 0 Å². The number of methoxy groups -OCH3 is 1. The lowest BCUT2D eigenvalue weighted by Gasteiger charge is -2.17. The number of urea groups is 1. The number of unbranched alkanes of at least 4 members (excludes halogenated alkanes) is 1. The Bertz CT molecular complexity index is 1410. The van der Waals surface area contributed by atoms with E-state index in [9.17, 15) is 9.59 Å². The number of hydrogen-bond acceptors (Lipinski definition) is 6. The molecule has 11 heteroatoms. The van der Waals surface area contributed by atoms with Crippen LogP contribution in [0.4, 0.5) is 21.9 Å². The zero-order valence-corrected chi connectivity index (χ0v) is 23.1. The second kappa shape index (κ2) is 13.9. The summed E-state index contributed by atoms with van der Waals surface area (Å²) in [5.74, 6) is 0.399. The summed E-state index contributed by atoms with van der Waals surface area (Å²) < 4.78 is 8.63. The normalized spacial score (nSPS) is 10.9. The monoisotopic (exact) mass is 544 g/mol. The maximum absolute atomic E-state index is 12.9. The summed E-state index contributed by atoms with van der Waals surface area (Å²) in [5, 5.41) is 17.1. The SMILES string of the molecule is CCN(CC)CCCCn1cc(NC(=O)c2cccc(-n3cc(NC(=O)Nc4cccc(OC)c4)cn3)c2)cn1. The molecule has 0 unspecified atom stereocenters. The minimum absolute atomic E-state index is 0.244. The van der Waals surface area contributed by atoms with Gasteiger partial charge in [-0.15, -0.1) is 0 Å². The number of benzene rings is 2. The number of aryl methyl sites for hydroxylation is 1. The van der Waals surface area contributed by atoms with Crippen molar-refractivity contribution in [3.63, 3.8) is 0 Å². The molecule has 210 valence electrons. The zero-order valence-electron chi connectivity index (χ0n) is 23.1. The fourth-order valence-electron chi connectivity index (χ4n) is 4.22. The molecule has 0 saturated heterocycles. The van der Waals surface area contributed by atoms with Crippen molar-refractivity contribution in [2.75, 3.05) is 42.7 Å². The molecule has 0 saturated carbocycles. The van der Waals surface area contributed by atoms with Crippen LogP contribution >= 0.6 is 0 Å². The number of carbonyl (C=O) groups excluding carboxylic acids is 2. The smallest absolute Gasteiger partial charge is 0.323 e. The van der Waals surface area contributed by atoms with Gasteiger partial charge in [-0.1, -0.05) is 26.0 Å². The van der Waals surface area contributed by atoms with Crippen LogP contribution in [-0.2, 0) is 6.54 Å². The van der Waals surface area contributed by atoms with Gasteiger partial charge in [0.15, 0.2) is 0 Å². The predicted molar refractivity (Wildman–Crippen MR) is 156 cm³/mol. The largest absolute Gasteiger partial charge is 0.497 e. The van der Waals surface area contributed by atoms with Crippen LogP contribution < -0.4 is 20.7 Å². The van der Waals surface area contributed by atoms with Gasteiger partial charge in [-0.2, -0.15) is 10.2 Å². The van der Waals surface area contributed by atoms with Crippen molar-refractivity contribution in [1.82, 2.24) is 24.5 Å². The molecular formula is C29H36N8O3.